The van der Waals surface area contributed by atoms with Gasteiger partial charge in [-0.25, -0.2) is 13.6 Å². The van der Waals surface area contributed by atoms with Crippen LogP contribution in [0.15, 0.2) is 18.2 Å². The van der Waals surface area contributed by atoms with E-state index in [2.05, 4.69) is 24.5 Å². The van der Waals surface area contributed by atoms with Crippen LogP contribution in [-0.2, 0) is 10.3 Å². The van der Waals surface area contributed by atoms with Crippen LogP contribution in [0.2, 0.25) is 0 Å². The minimum atomic E-state index is -1.57. The molecule has 0 spiro atoms. The highest BCUT2D eigenvalue weighted by molar-refractivity contribution is 5.74. The first-order chi connectivity index (χ1) is 15.7. The quantitative estimate of drug-likeness (QED) is 0.404. The molecule has 33 heavy (non-hydrogen) atoms. The molecule has 188 valence electrons. The van der Waals surface area contributed by atoms with Crippen LogP contribution in [0.1, 0.15) is 57.9 Å². The number of piperidine rings is 1. The summed E-state index contributed by atoms with van der Waals surface area (Å²) in [5.41, 5.74) is -1.60. The molecule has 8 heteroatoms. The monoisotopic (exact) mass is 469 g/mol. The third-order valence-electron chi connectivity index (χ3n) is 6.49. The van der Waals surface area contributed by atoms with Crippen LogP contribution in [0.25, 0.3) is 0 Å². The number of likely N-dealkylation sites (N-methyl/N-ethyl adjacent to an activating group) is 1. The maximum atomic E-state index is 14.8. The van der Waals surface area contributed by atoms with Crippen LogP contribution < -0.4 is 10.6 Å². The molecule has 1 aliphatic rings. The van der Waals surface area contributed by atoms with Crippen LogP contribution in [0.3, 0.4) is 0 Å². The smallest absolute Gasteiger partial charge is 0.317 e. The van der Waals surface area contributed by atoms with Crippen molar-refractivity contribution in [1.82, 2.24) is 15.5 Å². The van der Waals surface area contributed by atoms with E-state index in [1.807, 2.05) is 7.05 Å². The summed E-state index contributed by atoms with van der Waals surface area (Å²) >= 11 is 0. The SMILES string of the molecule is CNC[C@H](CC(C)C)NC(=O)N1CCC[C@@H]([C@@](O)(CCCCOC)c2cccc(F)c2F)C1. The number of rotatable bonds is 12. The Kier molecular flexibility index (Phi) is 11.0. The molecule has 0 radical (unpaired) electrons. The summed E-state index contributed by atoms with van der Waals surface area (Å²) in [6, 6.07) is 3.76. The van der Waals surface area contributed by atoms with Gasteiger partial charge in [-0.3, -0.25) is 0 Å². The Bertz CT molecular complexity index is 750. The van der Waals surface area contributed by atoms with Crippen molar-refractivity contribution in [2.24, 2.45) is 11.8 Å². The van der Waals surface area contributed by atoms with Crippen LogP contribution in [0.5, 0.6) is 0 Å². The number of amides is 2. The van der Waals surface area contributed by atoms with Crippen LogP contribution >= 0.6 is 0 Å². The first-order valence-corrected chi connectivity index (χ1v) is 12.1. The number of methoxy groups -OCH3 is 1. The van der Waals surface area contributed by atoms with E-state index in [-0.39, 0.29) is 30.6 Å². The fourth-order valence-electron chi connectivity index (χ4n) is 4.86. The van der Waals surface area contributed by atoms with E-state index >= 15 is 0 Å². The number of carbonyl (C=O) groups is 1. The molecule has 1 aromatic rings. The van der Waals surface area contributed by atoms with Gasteiger partial charge in [0.2, 0.25) is 0 Å². The van der Waals surface area contributed by atoms with Crippen LogP contribution in [-0.4, -0.2) is 62.5 Å². The Morgan fingerprint density at radius 3 is 2.76 bits per heavy atom. The van der Waals surface area contributed by atoms with Crippen molar-refractivity contribution >= 4 is 6.03 Å². The molecule has 1 heterocycles. The molecule has 1 aromatic carbocycles. The average molecular weight is 470 g/mol. The molecule has 1 fully saturated rings. The molecule has 1 saturated heterocycles. The first kappa shape index (κ1) is 27.5. The van der Waals surface area contributed by atoms with E-state index in [9.17, 15) is 18.7 Å². The molecule has 0 bridgehead atoms. The molecule has 0 unspecified atom stereocenters. The van der Waals surface area contributed by atoms with Gasteiger partial charge in [0.1, 0.15) is 0 Å². The lowest BCUT2D eigenvalue weighted by Crippen LogP contribution is -2.54. The fourth-order valence-corrected chi connectivity index (χ4v) is 4.86. The number of halogens is 2. The Labute approximate surface area is 197 Å². The van der Waals surface area contributed by atoms with E-state index < -0.39 is 23.2 Å². The molecule has 2 rings (SSSR count). The van der Waals surface area contributed by atoms with Gasteiger partial charge < -0.3 is 25.4 Å². The largest absolute Gasteiger partial charge is 0.385 e. The number of ether oxygens (including phenoxy) is 1. The summed E-state index contributed by atoms with van der Waals surface area (Å²) < 4.78 is 34.0. The lowest BCUT2D eigenvalue weighted by molar-refractivity contribution is -0.0591. The molecular formula is C25H41F2N3O3. The minimum absolute atomic E-state index is 0.00327. The van der Waals surface area contributed by atoms with Gasteiger partial charge in [-0.2, -0.15) is 0 Å². The maximum absolute atomic E-state index is 14.8. The maximum Gasteiger partial charge on any atom is 0.317 e. The molecule has 0 aliphatic carbocycles. The Balaban J connectivity index is 2.21. The third kappa shape index (κ3) is 7.62. The standard InChI is InChI=1S/C25H41F2N3O3/c1-18(2)15-20(16-28-3)29-24(31)30-13-8-9-19(17-30)25(32,12-5-6-14-33-4)21-10-7-11-22(26)23(21)27/h7,10-11,18-20,28,32H,5-6,8-9,12-17H2,1-4H3,(H,29,31)/t19-,20+,25+/m1/s1. The van der Waals surface area contributed by atoms with Crippen molar-refractivity contribution in [1.29, 1.82) is 0 Å². The molecular weight excluding hydrogens is 428 g/mol. The van der Waals surface area contributed by atoms with Crippen molar-refractivity contribution in [3.8, 4) is 0 Å². The summed E-state index contributed by atoms with van der Waals surface area (Å²) in [7, 11) is 3.46. The van der Waals surface area contributed by atoms with Gasteiger partial charge in [-0.15, -0.1) is 0 Å². The van der Waals surface area contributed by atoms with Crippen LogP contribution in [0, 0.1) is 23.5 Å². The van der Waals surface area contributed by atoms with Crippen molar-refractivity contribution in [2.75, 3.05) is 40.4 Å². The normalized spacial score (nSPS) is 19.4. The second-order valence-electron chi connectivity index (χ2n) is 9.59. The molecule has 0 saturated carbocycles. The average Bonchev–Trinajstić information content (AvgIpc) is 2.78. The Morgan fingerprint density at radius 2 is 2.09 bits per heavy atom. The van der Waals surface area contributed by atoms with Crippen molar-refractivity contribution in [3.63, 3.8) is 0 Å². The fraction of sp³-hybridized carbons (Fsp3) is 0.720. The number of nitrogens with zero attached hydrogens (tertiary/aromatic N) is 1. The molecule has 0 aromatic heterocycles. The molecule has 6 nitrogen and oxygen atoms in total. The highest BCUT2D eigenvalue weighted by Crippen LogP contribution is 2.41. The summed E-state index contributed by atoms with van der Waals surface area (Å²) in [5.74, 6) is -1.95. The van der Waals surface area contributed by atoms with Gasteiger partial charge in [-0.1, -0.05) is 26.0 Å². The topological polar surface area (TPSA) is 73.8 Å². The first-order valence-electron chi connectivity index (χ1n) is 12.1. The lowest BCUT2D eigenvalue weighted by atomic mass is 9.74. The van der Waals surface area contributed by atoms with Crippen molar-refractivity contribution in [3.05, 3.63) is 35.4 Å². The number of hydrogen-bond acceptors (Lipinski definition) is 4. The lowest BCUT2D eigenvalue weighted by Gasteiger charge is -2.43. The minimum Gasteiger partial charge on any atom is -0.385 e. The number of aliphatic hydroxyl groups is 1. The Morgan fingerprint density at radius 1 is 1.33 bits per heavy atom. The van der Waals surface area contributed by atoms with Gasteiger partial charge in [0.25, 0.3) is 0 Å². The number of unbranched alkanes of at least 4 members (excludes halogenated alkanes) is 1. The molecule has 3 atom stereocenters. The molecule has 2 amide bonds. The Hall–Kier alpha value is -1.77. The molecule has 3 N–H and O–H groups in total. The zero-order valence-electron chi connectivity index (χ0n) is 20.5. The van der Waals surface area contributed by atoms with E-state index in [0.717, 1.165) is 12.5 Å². The van der Waals surface area contributed by atoms with E-state index in [4.69, 9.17) is 4.74 Å². The zero-order chi connectivity index (χ0) is 24.4. The summed E-state index contributed by atoms with van der Waals surface area (Å²) in [5, 5.41) is 18.0. The molecule has 1 aliphatic heterocycles. The number of likely N-dealkylation sites (tertiary alicyclic amines) is 1. The number of carbonyl (C=O) groups excluding carboxylic acids is 1. The predicted molar refractivity (Wildman–Crippen MR) is 126 cm³/mol. The summed E-state index contributed by atoms with van der Waals surface area (Å²) in [4.78, 5) is 14.8. The third-order valence-corrected chi connectivity index (χ3v) is 6.49. The van der Waals surface area contributed by atoms with Crippen LogP contribution in [0.4, 0.5) is 13.6 Å². The second kappa shape index (κ2) is 13.2. The van der Waals surface area contributed by atoms with Gasteiger partial charge in [-0.05, 0) is 57.6 Å². The van der Waals surface area contributed by atoms with Gasteiger partial charge in [0.15, 0.2) is 11.6 Å². The summed E-state index contributed by atoms with van der Waals surface area (Å²) in [6.45, 7) is 6.28. The number of hydrogen-bond donors (Lipinski definition) is 3. The zero-order valence-corrected chi connectivity index (χ0v) is 20.5. The number of urea groups is 1. The predicted octanol–water partition coefficient (Wildman–Crippen LogP) is 4.02. The van der Waals surface area contributed by atoms with E-state index in [1.165, 1.54) is 12.1 Å². The highest BCUT2D eigenvalue weighted by atomic mass is 19.2. The van der Waals surface area contributed by atoms with E-state index in [1.54, 1.807) is 12.0 Å². The van der Waals surface area contributed by atoms with Gasteiger partial charge >= 0.3 is 6.03 Å². The van der Waals surface area contributed by atoms with Crippen molar-refractivity contribution in [2.45, 2.75) is 64.0 Å². The van der Waals surface area contributed by atoms with Gasteiger partial charge in [0.05, 0.1) is 5.60 Å². The highest BCUT2D eigenvalue weighted by Gasteiger charge is 2.43. The van der Waals surface area contributed by atoms with E-state index in [0.29, 0.717) is 51.3 Å². The summed E-state index contributed by atoms with van der Waals surface area (Å²) in [6.07, 6.45) is 3.74. The number of benzene rings is 1. The number of nitrogens with one attached hydrogen (secondary N) is 2. The van der Waals surface area contributed by atoms with Gasteiger partial charge in [0, 0.05) is 50.9 Å². The second-order valence-corrected chi connectivity index (χ2v) is 9.59. The van der Waals surface area contributed by atoms with Crippen molar-refractivity contribution < 1.29 is 23.4 Å².